The smallest absolute Gasteiger partial charge is 0.245 e. The molecule has 2 amide bonds. The Morgan fingerprint density at radius 1 is 1.39 bits per heavy atom. The van der Waals surface area contributed by atoms with E-state index in [2.05, 4.69) is 26.3 Å². The summed E-state index contributed by atoms with van der Waals surface area (Å²) in [7, 11) is 4.10. The van der Waals surface area contributed by atoms with Gasteiger partial charge in [0.1, 0.15) is 11.8 Å². The molecule has 6 heteroatoms. The van der Waals surface area contributed by atoms with Crippen molar-refractivity contribution in [2.75, 3.05) is 33.8 Å². The molecule has 0 aromatic rings. The van der Waals surface area contributed by atoms with Crippen LogP contribution in [0.15, 0.2) is 0 Å². The predicted molar refractivity (Wildman–Crippen MR) is 87.9 cm³/mol. The van der Waals surface area contributed by atoms with Crippen molar-refractivity contribution in [3.05, 3.63) is 0 Å². The minimum atomic E-state index is -0.556. The van der Waals surface area contributed by atoms with Crippen molar-refractivity contribution in [3.8, 4) is 0 Å². The Hall–Kier alpha value is -1.14. The van der Waals surface area contributed by atoms with Gasteiger partial charge in [0.25, 0.3) is 0 Å². The number of rotatable bonds is 5. The number of ether oxygens (including phenoxy) is 1. The van der Waals surface area contributed by atoms with Crippen LogP contribution < -0.4 is 10.2 Å². The highest BCUT2D eigenvalue weighted by Crippen LogP contribution is 2.42. The van der Waals surface area contributed by atoms with E-state index in [1.165, 1.54) is 11.3 Å². The highest BCUT2D eigenvalue weighted by Gasteiger charge is 2.53. The zero-order valence-electron chi connectivity index (χ0n) is 15.0. The van der Waals surface area contributed by atoms with Gasteiger partial charge in [0.2, 0.25) is 11.8 Å². The number of hydrogen-bond donors (Lipinski definition) is 2. The van der Waals surface area contributed by atoms with Crippen molar-refractivity contribution in [2.45, 2.75) is 57.7 Å². The molecule has 1 aliphatic heterocycles. The van der Waals surface area contributed by atoms with E-state index in [0.717, 1.165) is 25.8 Å². The van der Waals surface area contributed by atoms with Gasteiger partial charge in [0, 0.05) is 6.42 Å². The Bertz CT molecular complexity index is 441. The zero-order valence-corrected chi connectivity index (χ0v) is 15.0. The first-order valence-electron chi connectivity index (χ1n) is 8.92. The van der Waals surface area contributed by atoms with Gasteiger partial charge in [-0.15, -0.1) is 0 Å². The third-order valence-corrected chi connectivity index (χ3v) is 4.99. The average molecular weight is 326 g/mol. The van der Waals surface area contributed by atoms with Crippen molar-refractivity contribution >= 4 is 11.8 Å². The maximum Gasteiger partial charge on any atom is 0.245 e. The van der Waals surface area contributed by atoms with Crippen LogP contribution in [0.25, 0.3) is 0 Å². The Labute approximate surface area is 139 Å². The minimum Gasteiger partial charge on any atom is -0.353 e. The first kappa shape index (κ1) is 18.2. The number of quaternary nitrogens is 1. The largest absolute Gasteiger partial charge is 0.353 e. The topological polar surface area (TPSA) is 63.1 Å². The number of likely N-dealkylation sites (N-methyl/N-ethyl adjacent to an activating group) is 1. The molecule has 0 aromatic heterocycles. The molecule has 1 heterocycles. The van der Waals surface area contributed by atoms with Gasteiger partial charge >= 0.3 is 0 Å². The monoisotopic (exact) mass is 326 g/mol. The van der Waals surface area contributed by atoms with Crippen molar-refractivity contribution in [2.24, 2.45) is 5.92 Å². The van der Waals surface area contributed by atoms with Crippen LogP contribution in [0.3, 0.4) is 0 Å². The maximum absolute atomic E-state index is 12.6. The number of amides is 2. The Morgan fingerprint density at radius 3 is 2.74 bits per heavy atom. The Balaban J connectivity index is 2.10. The van der Waals surface area contributed by atoms with E-state index in [1.54, 1.807) is 4.90 Å². The van der Waals surface area contributed by atoms with E-state index in [4.69, 9.17) is 4.74 Å². The summed E-state index contributed by atoms with van der Waals surface area (Å²) in [6.45, 7) is 5.86. The van der Waals surface area contributed by atoms with Gasteiger partial charge in [-0.05, 0) is 25.2 Å². The molecule has 23 heavy (non-hydrogen) atoms. The lowest BCUT2D eigenvalue weighted by Crippen LogP contribution is -3.06. The molecular formula is C17H32N3O3+. The van der Waals surface area contributed by atoms with Gasteiger partial charge in [-0.3, -0.25) is 14.5 Å². The minimum absolute atomic E-state index is 0.0231. The molecule has 0 radical (unpaired) electrons. The fraction of sp³-hybridized carbons (Fsp3) is 0.882. The number of nitrogens with one attached hydrogen (secondary N) is 2. The summed E-state index contributed by atoms with van der Waals surface area (Å²) in [5.74, 6) is 0.466. The quantitative estimate of drug-likeness (QED) is 0.735. The van der Waals surface area contributed by atoms with E-state index in [-0.39, 0.29) is 11.8 Å². The third-order valence-electron chi connectivity index (χ3n) is 4.99. The molecule has 3 atom stereocenters. The van der Waals surface area contributed by atoms with Crippen molar-refractivity contribution in [3.63, 3.8) is 0 Å². The van der Waals surface area contributed by atoms with Crippen LogP contribution in [0, 0.1) is 5.92 Å². The van der Waals surface area contributed by atoms with Gasteiger partial charge in [-0.25, -0.2) is 0 Å². The Morgan fingerprint density at radius 2 is 2.13 bits per heavy atom. The number of carbonyl (C=O) groups excluding carboxylic acids is 2. The average Bonchev–Trinajstić information content (AvgIpc) is 2.84. The van der Waals surface area contributed by atoms with E-state index >= 15 is 0 Å². The van der Waals surface area contributed by atoms with Gasteiger partial charge in [-0.2, -0.15) is 0 Å². The van der Waals surface area contributed by atoms with Crippen LogP contribution in [-0.4, -0.2) is 62.3 Å². The van der Waals surface area contributed by atoms with Crippen LogP contribution in [-0.2, 0) is 14.3 Å². The Kier molecular flexibility index (Phi) is 6.03. The highest BCUT2D eigenvalue weighted by molar-refractivity contribution is 5.88. The van der Waals surface area contributed by atoms with Crippen LogP contribution in [0.4, 0.5) is 0 Å². The van der Waals surface area contributed by atoms with E-state index < -0.39 is 11.8 Å². The molecule has 2 aliphatic rings. The maximum atomic E-state index is 12.6. The summed E-state index contributed by atoms with van der Waals surface area (Å²) < 4.78 is 6.09. The summed E-state index contributed by atoms with van der Waals surface area (Å²) in [6.07, 6.45) is 4.30. The molecule has 1 spiro atoms. The third kappa shape index (κ3) is 4.04. The zero-order chi connectivity index (χ0) is 17.0. The van der Waals surface area contributed by atoms with Crippen molar-refractivity contribution in [1.29, 1.82) is 0 Å². The molecule has 1 aliphatic carbocycles. The molecule has 2 fully saturated rings. The van der Waals surface area contributed by atoms with Gasteiger partial charge in [-0.1, -0.05) is 20.3 Å². The fourth-order valence-electron chi connectivity index (χ4n) is 3.81. The molecule has 0 unspecified atom stereocenters. The van der Waals surface area contributed by atoms with Gasteiger partial charge in [0.15, 0.2) is 0 Å². The second kappa shape index (κ2) is 7.62. The normalized spacial score (nSPS) is 30.9. The lowest BCUT2D eigenvalue weighted by Gasteiger charge is -2.43. The number of hydrogen-bond acceptors (Lipinski definition) is 3. The SMILES string of the molecule is CCC(=O)N1[C@@H](C(=O)NCC[NH+](C)C)CO[C@@]12CCC[C@H](C)C2. The molecule has 1 saturated carbocycles. The molecule has 2 rings (SSSR count). The lowest BCUT2D eigenvalue weighted by molar-refractivity contribution is -0.856. The standard InChI is InChI=1S/C17H31N3O3/c1-5-15(21)20-14(16(22)18-9-10-19(3)4)12-23-17(20)8-6-7-13(2)11-17/h13-14H,5-12H2,1-4H3,(H,18,22)/p+1/t13-,14+,17+/m0/s1. The summed E-state index contributed by atoms with van der Waals surface area (Å²) in [4.78, 5) is 28.2. The van der Waals surface area contributed by atoms with Crippen LogP contribution >= 0.6 is 0 Å². The van der Waals surface area contributed by atoms with Crippen LogP contribution in [0.2, 0.25) is 0 Å². The number of carbonyl (C=O) groups is 2. The summed E-state index contributed by atoms with van der Waals surface area (Å²) in [6, 6.07) is -0.482. The fourth-order valence-corrected chi connectivity index (χ4v) is 3.81. The van der Waals surface area contributed by atoms with Gasteiger partial charge < -0.3 is 15.0 Å². The molecule has 0 bridgehead atoms. The number of nitrogens with zero attached hydrogens (tertiary/aromatic N) is 1. The van der Waals surface area contributed by atoms with Crippen molar-refractivity contribution < 1.29 is 19.2 Å². The van der Waals surface area contributed by atoms with Crippen molar-refractivity contribution in [1.82, 2.24) is 10.2 Å². The predicted octanol–water partition coefficient (Wildman–Crippen LogP) is -0.209. The summed E-state index contributed by atoms with van der Waals surface area (Å²) >= 11 is 0. The molecule has 2 N–H and O–H groups in total. The first-order valence-corrected chi connectivity index (χ1v) is 8.92. The highest BCUT2D eigenvalue weighted by atomic mass is 16.5. The summed E-state index contributed by atoms with van der Waals surface area (Å²) in [5, 5.41) is 2.96. The van der Waals surface area contributed by atoms with Crippen LogP contribution in [0.1, 0.15) is 46.0 Å². The van der Waals surface area contributed by atoms with E-state index in [1.807, 2.05) is 6.92 Å². The second-order valence-corrected chi connectivity index (χ2v) is 7.34. The molecular weight excluding hydrogens is 294 g/mol. The molecule has 1 saturated heterocycles. The lowest BCUT2D eigenvalue weighted by atomic mass is 9.83. The molecule has 6 nitrogen and oxygen atoms in total. The molecule has 0 aromatic carbocycles. The van der Waals surface area contributed by atoms with E-state index in [9.17, 15) is 9.59 Å². The summed E-state index contributed by atoms with van der Waals surface area (Å²) in [5.41, 5.74) is -0.556. The first-order chi connectivity index (χ1) is 10.9. The van der Waals surface area contributed by atoms with Gasteiger partial charge in [0.05, 0.1) is 33.8 Å². The van der Waals surface area contributed by atoms with Crippen LogP contribution in [0.5, 0.6) is 0 Å². The molecule has 132 valence electrons. The van der Waals surface area contributed by atoms with E-state index in [0.29, 0.717) is 25.5 Å². The second-order valence-electron chi connectivity index (χ2n) is 7.34.